The van der Waals surface area contributed by atoms with Gasteiger partial charge in [-0.25, -0.2) is 9.40 Å². The predicted molar refractivity (Wildman–Crippen MR) is 131 cm³/mol. The van der Waals surface area contributed by atoms with Gasteiger partial charge in [-0.1, -0.05) is 24.3 Å². The molecule has 2 unspecified atom stereocenters. The summed E-state index contributed by atoms with van der Waals surface area (Å²) in [5, 5.41) is 5.83. The highest BCUT2D eigenvalue weighted by Gasteiger charge is 2.29. The Morgan fingerprint density at radius 2 is 2.00 bits per heavy atom. The van der Waals surface area contributed by atoms with Gasteiger partial charge in [0.25, 0.3) is 5.91 Å². The van der Waals surface area contributed by atoms with Crippen LogP contribution < -0.4 is 15.9 Å². The van der Waals surface area contributed by atoms with Gasteiger partial charge in [-0.3, -0.25) is 20.4 Å². The Morgan fingerprint density at radius 3 is 2.79 bits per heavy atom. The minimum absolute atomic E-state index is 0.0743. The Hall–Kier alpha value is -3.10. The van der Waals surface area contributed by atoms with Crippen LogP contribution in [0.5, 0.6) is 0 Å². The Labute approximate surface area is 200 Å². The van der Waals surface area contributed by atoms with Crippen LogP contribution in [0, 0.1) is 19.7 Å². The van der Waals surface area contributed by atoms with Gasteiger partial charge >= 0.3 is 0 Å². The number of amides is 2. The third-order valence-corrected chi connectivity index (χ3v) is 6.50. The van der Waals surface area contributed by atoms with E-state index in [9.17, 15) is 14.0 Å². The van der Waals surface area contributed by atoms with Crippen LogP contribution >= 0.6 is 0 Å². The number of hydrazine groups is 1. The minimum Gasteiger partial charge on any atom is -0.341 e. The summed E-state index contributed by atoms with van der Waals surface area (Å²) in [5.74, 6) is -0.468. The number of aryl methyl sites for hydroxylation is 2. The molecule has 1 saturated heterocycles. The maximum atomic E-state index is 13.5. The van der Waals surface area contributed by atoms with Gasteiger partial charge in [-0.05, 0) is 68.0 Å². The van der Waals surface area contributed by atoms with Crippen molar-refractivity contribution in [1.82, 2.24) is 15.8 Å². The molecule has 0 aromatic heterocycles. The van der Waals surface area contributed by atoms with Gasteiger partial charge in [0.1, 0.15) is 11.5 Å². The monoisotopic (exact) mass is 465 g/mol. The first-order chi connectivity index (χ1) is 16.3. The Morgan fingerprint density at radius 1 is 1.18 bits per heavy atom. The first-order valence-corrected chi connectivity index (χ1v) is 11.8. The van der Waals surface area contributed by atoms with Gasteiger partial charge in [0.2, 0.25) is 5.91 Å². The summed E-state index contributed by atoms with van der Waals surface area (Å²) in [4.78, 5) is 27.2. The molecule has 8 heteroatoms. The third kappa shape index (κ3) is 5.51. The molecule has 34 heavy (non-hydrogen) atoms. The number of rotatable bonds is 7. The molecule has 2 aliphatic heterocycles. The molecule has 0 saturated carbocycles. The number of carbonyl (C=O) groups is 2. The Balaban J connectivity index is 1.31. The molecule has 0 bridgehead atoms. The van der Waals surface area contributed by atoms with Crippen molar-refractivity contribution in [2.45, 2.75) is 58.0 Å². The van der Waals surface area contributed by atoms with Gasteiger partial charge in [0.15, 0.2) is 0 Å². The van der Waals surface area contributed by atoms with E-state index in [1.54, 1.807) is 24.1 Å². The van der Waals surface area contributed by atoms with Crippen molar-refractivity contribution in [3.05, 3.63) is 65.0 Å². The highest BCUT2D eigenvalue weighted by atomic mass is 19.1. The standard InChI is InChI=1S/C26H32FN5O2/c1-17-9-10-18(2)24(14-17)32-25(33)12-11-22(30-32)26(34)31(3)13-5-8-21-16-23(29-28-21)19-6-4-7-20(27)15-19/h4,6-7,9-10,14-15,21,23,28-29H,5,8,11-13,16H2,1-3H3. The molecule has 0 radical (unpaired) electrons. The number of halogens is 1. The number of hydrogen-bond donors (Lipinski definition) is 2. The van der Waals surface area contributed by atoms with Crippen LogP contribution in [0.1, 0.15) is 54.8 Å². The molecule has 2 aromatic rings. The normalized spacial score (nSPS) is 20.4. The molecule has 2 aliphatic rings. The molecule has 2 amide bonds. The summed E-state index contributed by atoms with van der Waals surface area (Å²) in [6, 6.07) is 12.9. The fourth-order valence-corrected chi connectivity index (χ4v) is 4.49. The Kier molecular flexibility index (Phi) is 7.38. The van der Waals surface area contributed by atoms with E-state index in [4.69, 9.17) is 0 Å². The number of nitrogens with zero attached hydrogens (tertiary/aromatic N) is 3. The molecule has 2 atom stereocenters. The van der Waals surface area contributed by atoms with Crippen molar-refractivity contribution >= 4 is 23.2 Å². The first kappa shape index (κ1) is 24.0. The number of carbonyl (C=O) groups excluding carboxylic acids is 2. The van der Waals surface area contributed by atoms with Crippen LogP contribution in [0.25, 0.3) is 0 Å². The molecule has 0 aliphatic carbocycles. The van der Waals surface area contributed by atoms with Crippen LogP contribution in [0.4, 0.5) is 10.1 Å². The van der Waals surface area contributed by atoms with Gasteiger partial charge in [0, 0.05) is 38.5 Å². The summed E-state index contributed by atoms with van der Waals surface area (Å²) < 4.78 is 13.5. The molecule has 4 rings (SSSR count). The van der Waals surface area contributed by atoms with Gasteiger partial charge < -0.3 is 4.90 Å². The number of hydrazone groups is 1. The van der Waals surface area contributed by atoms with E-state index in [0.29, 0.717) is 18.7 Å². The zero-order chi connectivity index (χ0) is 24.2. The van der Waals surface area contributed by atoms with E-state index in [1.807, 2.05) is 38.1 Å². The Bertz CT molecular complexity index is 1100. The lowest BCUT2D eigenvalue weighted by Gasteiger charge is -2.26. The van der Waals surface area contributed by atoms with E-state index in [0.717, 1.165) is 41.6 Å². The fraction of sp³-hybridized carbons (Fsp3) is 0.423. The van der Waals surface area contributed by atoms with Gasteiger partial charge in [-0.15, -0.1) is 0 Å². The van der Waals surface area contributed by atoms with Crippen molar-refractivity contribution in [3.63, 3.8) is 0 Å². The maximum Gasteiger partial charge on any atom is 0.269 e. The second kappa shape index (κ2) is 10.4. The fourth-order valence-electron chi connectivity index (χ4n) is 4.49. The molecule has 2 aromatic carbocycles. The highest BCUT2D eigenvalue weighted by molar-refractivity contribution is 6.40. The average molecular weight is 466 g/mol. The van der Waals surface area contributed by atoms with Gasteiger partial charge in [-0.2, -0.15) is 5.10 Å². The van der Waals surface area contributed by atoms with E-state index in [2.05, 4.69) is 16.0 Å². The van der Waals surface area contributed by atoms with Crippen LogP contribution in [-0.4, -0.2) is 42.1 Å². The smallest absolute Gasteiger partial charge is 0.269 e. The summed E-state index contributed by atoms with van der Waals surface area (Å²) in [5.41, 5.74) is 10.6. The second-order valence-electron chi connectivity index (χ2n) is 9.24. The van der Waals surface area contributed by atoms with Crippen molar-refractivity contribution < 1.29 is 14.0 Å². The lowest BCUT2D eigenvalue weighted by Crippen LogP contribution is -2.40. The van der Waals surface area contributed by atoms with E-state index in [-0.39, 0.29) is 36.1 Å². The van der Waals surface area contributed by atoms with Crippen molar-refractivity contribution in [2.75, 3.05) is 18.6 Å². The van der Waals surface area contributed by atoms with Crippen molar-refractivity contribution in [3.8, 4) is 0 Å². The molecule has 180 valence electrons. The minimum atomic E-state index is -0.230. The molecular formula is C26H32FN5O2. The third-order valence-electron chi connectivity index (χ3n) is 6.50. The summed E-state index contributed by atoms with van der Waals surface area (Å²) >= 11 is 0. The van der Waals surface area contributed by atoms with E-state index < -0.39 is 0 Å². The van der Waals surface area contributed by atoms with Crippen LogP contribution in [0.3, 0.4) is 0 Å². The SMILES string of the molecule is Cc1ccc(C)c(N2N=C(C(=O)N(C)CCCC3CC(c4cccc(F)c4)NN3)CCC2=O)c1. The zero-order valence-electron chi connectivity index (χ0n) is 20.0. The van der Waals surface area contributed by atoms with E-state index in [1.165, 1.54) is 11.1 Å². The van der Waals surface area contributed by atoms with Crippen LogP contribution in [-0.2, 0) is 9.59 Å². The number of hydrogen-bond acceptors (Lipinski definition) is 5. The second-order valence-corrected chi connectivity index (χ2v) is 9.24. The molecule has 2 heterocycles. The van der Waals surface area contributed by atoms with Gasteiger partial charge in [0.05, 0.1) is 5.69 Å². The molecule has 0 spiro atoms. The molecule has 7 nitrogen and oxygen atoms in total. The number of benzene rings is 2. The average Bonchev–Trinajstić information content (AvgIpc) is 3.29. The maximum absolute atomic E-state index is 13.5. The molecular weight excluding hydrogens is 433 g/mol. The van der Waals surface area contributed by atoms with E-state index >= 15 is 0 Å². The van der Waals surface area contributed by atoms with Crippen molar-refractivity contribution in [2.24, 2.45) is 5.10 Å². The van der Waals surface area contributed by atoms with Crippen LogP contribution in [0.15, 0.2) is 47.6 Å². The highest BCUT2D eigenvalue weighted by Crippen LogP contribution is 2.26. The lowest BCUT2D eigenvalue weighted by molar-refractivity contribution is -0.123. The van der Waals surface area contributed by atoms with Crippen LogP contribution in [0.2, 0.25) is 0 Å². The summed E-state index contributed by atoms with van der Waals surface area (Å²) in [7, 11) is 1.78. The lowest BCUT2D eigenvalue weighted by atomic mass is 9.99. The largest absolute Gasteiger partial charge is 0.341 e. The summed E-state index contributed by atoms with van der Waals surface area (Å²) in [6.45, 7) is 4.50. The quantitative estimate of drug-likeness (QED) is 0.653. The molecule has 1 fully saturated rings. The summed E-state index contributed by atoms with van der Waals surface area (Å²) in [6.07, 6.45) is 3.19. The number of nitrogens with one attached hydrogen (secondary N) is 2. The number of anilines is 1. The van der Waals surface area contributed by atoms with Crippen molar-refractivity contribution in [1.29, 1.82) is 0 Å². The first-order valence-electron chi connectivity index (χ1n) is 11.8. The predicted octanol–water partition coefficient (Wildman–Crippen LogP) is 3.77. The topological polar surface area (TPSA) is 77.0 Å². The molecule has 2 N–H and O–H groups in total. The zero-order valence-corrected chi connectivity index (χ0v) is 20.0.